The molecule has 1 aliphatic carbocycles. The van der Waals surface area contributed by atoms with Crippen LogP contribution in [-0.2, 0) is 16.1 Å². The number of piperazine rings is 1. The normalized spacial score (nSPS) is 19.3. The fraction of sp³-hybridized carbons (Fsp3) is 0.485. The van der Waals surface area contributed by atoms with Crippen LogP contribution in [0.15, 0.2) is 54.9 Å². The van der Waals surface area contributed by atoms with Gasteiger partial charge in [0.1, 0.15) is 11.6 Å². The lowest BCUT2D eigenvalue weighted by Gasteiger charge is -2.37. The van der Waals surface area contributed by atoms with Crippen LogP contribution in [0, 0.1) is 11.7 Å². The molecule has 0 radical (unpaired) electrons. The number of nitrogens with one attached hydrogen (secondary N) is 2. The molecule has 43 heavy (non-hydrogen) atoms. The number of halogens is 1. The summed E-state index contributed by atoms with van der Waals surface area (Å²) in [4.78, 5) is 33.0. The molecule has 3 heterocycles. The molecule has 3 aromatic rings. The minimum absolute atomic E-state index is 0.0178. The predicted octanol–water partition coefficient (Wildman–Crippen LogP) is 4.21. The first kappa shape index (κ1) is 29.2. The van der Waals surface area contributed by atoms with Gasteiger partial charge in [-0.05, 0) is 63.3 Å². The molecule has 10 heteroatoms. The van der Waals surface area contributed by atoms with Crippen molar-refractivity contribution in [3.8, 4) is 16.9 Å². The molecule has 0 bridgehead atoms. The Morgan fingerprint density at radius 2 is 1.88 bits per heavy atom. The van der Waals surface area contributed by atoms with E-state index in [0.29, 0.717) is 30.9 Å². The highest BCUT2D eigenvalue weighted by molar-refractivity contribution is 5.85. The van der Waals surface area contributed by atoms with Gasteiger partial charge in [0.25, 0.3) is 5.91 Å². The summed E-state index contributed by atoms with van der Waals surface area (Å²) >= 11 is 0. The second kappa shape index (κ2) is 12.4. The van der Waals surface area contributed by atoms with Crippen molar-refractivity contribution in [1.29, 1.82) is 0 Å². The molecule has 3 aliphatic rings. The Hall–Kier alpha value is -3.92. The molecule has 1 atom stereocenters. The van der Waals surface area contributed by atoms with Gasteiger partial charge in [-0.3, -0.25) is 14.7 Å². The van der Waals surface area contributed by atoms with E-state index in [0.717, 1.165) is 62.1 Å². The number of ether oxygens (including phenoxy) is 1. The van der Waals surface area contributed by atoms with E-state index in [1.165, 1.54) is 6.07 Å². The minimum Gasteiger partial charge on any atom is -0.478 e. The summed E-state index contributed by atoms with van der Waals surface area (Å²) in [5, 5.41) is 9.99. The number of rotatable bonds is 9. The number of aromatic nitrogens is 2. The van der Waals surface area contributed by atoms with E-state index in [4.69, 9.17) is 4.74 Å². The summed E-state index contributed by atoms with van der Waals surface area (Å²) in [5.74, 6) is 0.236. The molecule has 1 saturated carbocycles. The summed E-state index contributed by atoms with van der Waals surface area (Å²) in [6.07, 6.45) is 7.01. The fourth-order valence-electron chi connectivity index (χ4n) is 6.20. The summed E-state index contributed by atoms with van der Waals surface area (Å²) in [6.45, 7) is 8.28. The van der Waals surface area contributed by atoms with Crippen molar-refractivity contribution < 1.29 is 18.7 Å². The van der Waals surface area contributed by atoms with Crippen LogP contribution >= 0.6 is 0 Å². The first-order chi connectivity index (χ1) is 20.8. The number of carbonyl (C=O) groups is 2. The van der Waals surface area contributed by atoms with Gasteiger partial charge < -0.3 is 24.8 Å². The first-order valence-corrected chi connectivity index (χ1v) is 15.4. The summed E-state index contributed by atoms with van der Waals surface area (Å²) in [7, 11) is 0. The van der Waals surface area contributed by atoms with E-state index in [9.17, 15) is 9.59 Å². The Kier molecular flexibility index (Phi) is 8.38. The molecule has 3 fully saturated rings. The minimum atomic E-state index is -0.993. The van der Waals surface area contributed by atoms with Crippen molar-refractivity contribution in [2.75, 3.05) is 44.2 Å². The number of piperidine rings is 1. The smallest absolute Gasteiger partial charge is 0.266 e. The highest BCUT2D eigenvalue weighted by atomic mass is 19.1. The van der Waals surface area contributed by atoms with Crippen molar-refractivity contribution in [1.82, 2.24) is 25.3 Å². The zero-order chi connectivity index (χ0) is 30.0. The molecule has 1 aromatic heterocycles. The average Bonchev–Trinajstić information content (AvgIpc) is 3.72. The molecule has 2 aliphatic heterocycles. The molecule has 1 unspecified atom stereocenters. The molecule has 9 nitrogen and oxygen atoms in total. The monoisotopic (exact) mass is 588 g/mol. The molecular formula is C33H41FN6O3. The third kappa shape index (κ3) is 6.69. The van der Waals surface area contributed by atoms with Crippen LogP contribution in [0.1, 0.15) is 45.1 Å². The second-order valence-corrected chi connectivity index (χ2v) is 12.4. The van der Waals surface area contributed by atoms with Gasteiger partial charge in [-0.25, -0.2) is 4.39 Å². The number of amides is 2. The maximum Gasteiger partial charge on any atom is 0.266 e. The van der Waals surface area contributed by atoms with Gasteiger partial charge in [0.05, 0.1) is 12.1 Å². The Bertz CT molecular complexity index is 1430. The van der Waals surface area contributed by atoms with Gasteiger partial charge in [-0.1, -0.05) is 18.2 Å². The van der Waals surface area contributed by atoms with Gasteiger partial charge in [-0.15, -0.1) is 0 Å². The highest BCUT2D eigenvalue weighted by Gasteiger charge is 2.38. The third-order valence-electron chi connectivity index (χ3n) is 8.74. The van der Waals surface area contributed by atoms with E-state index >= 15 is 4.39 Å². The lowest BCUT2D eigenvalue weighted by Crippen LogP contribution is -2.54. The SMILES string of the molecule is CC(C)(Oc1cccc(N2CCCC(C(=O)N(Cc3ccc(-c4cn[nH]c4)cc3F)C3CC3)C2)c1)C(=O)N1CCNCC1. The van der Waals surface area contributed by atoms with Crippen LogP contribution in [-0.4, -0.2) is 82.7 Å². The zero-order valence-electron chi connectivity index (χ0n) is 25.0. The van der Waals surface area contributed by atoms with Crippen molar-refractivity contribution >= 4 is 17.5 Å². The topological polar surface area (TPSA) is 93.8 Å². The maximum atomic E-state index is 15.2. The number of aromatic amines is 1. The largest absolute Gasteiger partial charge is 0.478 e. The van der Waals surface area contributed by atoms with Crippen LogP contribution in [0.3, 0.4) is 0 Å². The van der Waals surface area contributed by atoms with E-state index in [2.05, 4.69) is 20.4 Å². The standard InChI is InChI=1S/C33H41FN6O3/c1-33(2,32(42)38-15-12-35-13-16-38)43-29-7-3-6-28(18-29)39-14-4-5-25(21-39)31(41)40(27-10-11-27)22-24-9-8-23(17-30(24)34)26-19-36-37-20-26/h3,6-9,17-20,25,27,35H,4-5,10-16,21-22H2,1-2H3,(H,36,37). The molecular weight excluding hydrogens is 547 g/mol. The van der Waals surface area contributed by atoms with E-state index in [-0.39, 0.29) is 36.1 Å². The Morgan fingerprint density at radius 1 is 1.07 bits per heavy atom. The van der Waals surface area contributed by atoms with Crippen LogP contribution in [0.25, 0.3) is 11.1 Å². The van der Waals surface area contributed by atoms with Gasteiger partial charge in [0.15, 0.2) is 5.60 Å². The highest BCUT2D eigenvalue weighted by Crippen LogP contribution is 2.34. The fourth-order valence-corrected chi connectivity index (χ4v) is 6.20. The number of anilines is 1. The predicted molar refractivity (Wildman–Crippen MR) is 163 cm³/mol. The molecule has 228 valence electrons. The summed E-state index contributed by atoms with van der Waals surface area (Å²) in [6, 6.07) is 13.2. The zero-order valence-corrected chi connectivity index (χ0v) is 25.0. The van der Waals surface area contributed by atoms with Crippen LogP contribution in [0.5, 0.6) is 5.75 Å². The van der Waals surface area contributed by atoms with Gasteiger partial charge in [0, 0.05) is 80.9 Å². The summed E-state index contributed by atoms with van der Waals surface area (Å²) in [5.41, 5.74) is 2.09. The Morgan fingerprint density at radius 3 is 2.60 bits per heavy atom. The average molecular weight is 589 g/mol. The molecule has 2 N–H and O–H groups in total. The van der Waals surface area contributed by atoms with Crippen LogP contribution < -0.4 is 15.0 Å². The molecule has 6 rings (SSSR count). The van der Waals surface area contributed by atoms with E-state index < -0.39 is 5.60 Å². The van der Waals surface area contributed by atoms with Crippen molar-refractivity contribution in [3.05, 3.63) is 66.2 Å². The third-order valence-corrected chi connectivity index (χ3v) is 8.74. The molecule has 2 aromatic carbocycles. The summed E-state index contributed by atoms with van der Waals surface area (Å²) < 4.78 is 21.4. The van der Waals surface area contributed by atoms with Crippen LogP contribution in [0.4, 0.5) is 10.1 Å². The van der Waals surface area contributed by atoms with Gasteiger partial charge in [-0.2, -0.15) is 5.10 Å². The lowest BCUT2D eigenvalue weighted by atomic mass is 9.95. The van der Waals surface area contributed by atoms with Crippen molar-refractivity contribution in [2.24, 2.45) is 5.92 Å². The molecule has 2 saturated heterocycles. The van der Waals surface area contributed by atoms with Gasteiger partial charge in [0.2, 0.25) is 5.91 Å². The quantitative estimate of drug-likeness (QED) is 0.389. The van der Waals surface area contributed by atoms with E-state index in [1.807, 2.05) is 54.0 Å². The lowest BCUT2D eigenvalue weighted by molar-refractivity contribution is -0.146. The number of H-pyrrole nitrogens is 1. The Labute approximate surface area is 252 Å². The Balaban J connectivity index is 1.12. The number of nitrogens with zero attached hydrogens (tertiary/aromatic N) is 4. The molecule has 0 spiro atoms. The number of carbonyl (C=O) groups excluding carboxylic acids is 2. The van der Waals surface area contributed by atoms with Crippen LogP contribution in [0.2, 0.25) is 0 Å². The van der Waals surface area contributed by atoms with Crippen molar-refractivity contribution in [2.45, 2.75) is 57.7 Å². The maximum absolute atomic E-state index is 15.2. The first-order valence-electron chi connectivity index (χ1n) is 15.4. The van der Waals surface area contributed by atoms with Gasteiger partial charge >= 0.3 is 0 Å². The number of hydrogen-bond acceptors (Lipinski definition) is 6. The number of hydrogen-bond donors (Lipinski definition) is 2. The second-order valence-electron chi connectivity index (χ2n) is 12.4. The van der Waals surface area contributed by atoms with Crippen molar-refractivity contribution in [3.63, 3.8) is 0 Å². The number of benzene rings is 2. The van der Waals surface area contributed by atoms with E-state index in [1.54, 1.807) is 18.5 Å². The molecule has 2 amide bonds.